The predicted octanol–water partition coefficient (Wildman–Crippen LogP) is 3.93. The topological polar surface area (TPSA) is 29.3 Å². The molecule has 0 atom stereocenters. The van der Waals surface area contributed by atoms with E-state index in [1.54, 1.807) is 11.8 Å². The van der Waals surface area contributed by atoms with Gasteiger partial charge in [-0.05, 0) is 44.1 Å². The van der Waals surface area contributed by atoms with E-state index >= 15 is 0 Å². The second-order valence-corrected chi connectivity index (χ2v) is 6.58. The Balaban J connectivity index is 0.00000180. The molecular weight excluding hydrogens is 323 g/mol. The molecule has 1 heterocycles. The summed E-state index contributed by atoms with van der Waals surface area (Å²) in [4.78, 5) is 3.53. The van der Waals surface area contributed by atoms with Gasteiger partial charge in [0.2, 0.25) is 0 Å². The molecule has 0 unspecified atom stereocenters. The first-order valence-corrected chi connectivity index (χ1v) is 7.95. The van der Waals surface area contributed by atoms with Gasteiger partial charge < -0.3 is 10.6 Å². The second-order valence-electron chi connectivity index (χ2n) is 4.60. The molecule has 0 bridgehead atoms. The van der Waals surface area contributed by atoms with Crippen LogP contribution in [0.4, 0.5) is 0 Å². The molecule has 1 aliphatic rings. The number of thioether (sulfide) groups is 1. The molecule has 2 rings (SSSR count). The highest BCUT2D eigenvalue weighted by atomic mass is 35.5. The molecule has 0 aromatic heterocycles. The van der Waals surface area contributed by atoms with Crippen molar-refractivity contribution >= 4 is 47.4 Å². The third-order valence-corrected chi connectivity index (χ3v) is 4.90. The normalized spacial score (nSPS) is 17.2. The summed E-state index contributed by atoms with van der Waals surface area (Å²) in [6, 6.07) is 6.00. The summed E-state index contributed by atoms with van der Waals surface area (Å²) in [7, 11) is 0. The Labute approximate surface area is 135 Å². The van der Waals surface area contributed by atoms with Gasteiger partial charge in [0.25, 0.3) is 0 Å². The third-order valence-electron chi connectivity index (χ3n) is 3.19. The van der Waals surface area contributed by atoms with Gasteiger partial charge >= 0.3 is 0 Å². The summed E-state index contributed by atoms with van der Waals surface area (Å²) in [5.74, 6) is 1.04. The Morgan fingerprint density at radius 2 is 1.95 bits per heavy atom. The molecule has 1 saturated heterocycles. The quantitative estimate of drug-likeness (QED) is 0.841. The number of benzene rings is 1. The molecule has 0 amide bonds. The third kappa shape index (κ3) is 5.70. The minimum absolute atomic E-state index is 0. The first kappa shape index (κ1) is 17.4. The molecule has 6 heteroatoms. The second kappa shape index (κ2) is 8.60. The molecule has 0 aliphatic carbocycles. The van der Waals surface area contributed by atoms with Gasteiger partial charge in [-0.1, -0.05) is 23.2 Å². The standard InChI is InChI=1S/C13H18Cl2N2S.ClH/c14-10-1-2-12(15)13(9-10)18-8-7-17-5-3-11(16)4-6-17;/h1-2,9,11H,3-8,16H2;1H. The van der Waals surface area contributed by atoms with Crippen LogP contribution < -0.4 is 5.73 Å². The molecule has 2 nitrogen and oxygen atoms in total. The average molecular weight is 342 g/mol. The maximum absolute atomic E-state index is 6.13. The number of hydrogen-bond acceptors (Lipinski definition) is 3. The molecule has 0 saturated carbocycles. The molecule has 19 heavy (non-hydrogen) atoms. The minimum atomic E-state index is 0. The van der Waals surface area contributed by atoms with Crippen LogP contribution in [0.5, 0.6) is 0 Å². The van der Waals surface area contributed by atoms with Crippen LogP contribution in [0.15, 0.2) is 23.1 Å². The summed E-state index contributed by atoms with van der Waals surface area (Å²) >= 11 is 13.9. The van der Waals surface area contributed by atoms with Crippen molar-refractivity contribution in [2.75, 3.05) is 25.4 Å². The monoisotopic (exact) mass is 340 g/mol. The minimum Gasteiger partial charge on any atom is -0.328 e. The van der Waals surface area contributed by atoms with Gasteiger partial charge in [-0.15, -0.1) is 24.2 Å². The zero-order valence-electron chi connectivity index (χ0n) is 10.6. The number of nitrogens with zero attached hydrogens (tertiary/aromatic N) is 1. The van der Waals surface area contributed by atoms with Crippen molar-refractivity contribution in [3.05, 3.63) is 28.2 Å². The van der Waals surface area contributed by atoms with Gasteiger partial charge in [0.05, 0.1) is 5.02 Å². The zero-order chi connectivity index (χ0) is 13.0. The molecule has 2 N–H and O–H groups in total. The smallest absolute Gasteiger partial charge is 0.0542 e. The summed E-state index contributed by atoms with van der Waals surface area (Å²) < 4.78 is 0. The number of rotatable bonds is 4. The Morgan fingerprint density at radius 1 is 1.26 bits per heavy atom. The zero-order valence-corrected chi connectivity index (χ0v) is 13.8. The fourth-order valence-electron chi connectivity index (χ4n) is 2.05. The fraction of sp³-hybridized carbons (Fsp3) is 0.538. The Bertz CT molecular complexity index is 395. The van der Waals surface area contributed by atoms with Crippen molar-refractivity contribution in [1.29, 1.82) is 0 Å². The van der Waals surface area contributed by atoms with Crippen molar-refractivity contribution in [3.8, 4) is 0 Å². The van der Waals surface area contributed by atoms with Crippen LogP contribution in [0.2, 0.25) is 10.0 Å². The van der Waals surface area contributed by atoms with Gasteiger partial charge in [-0.25, -0.2) is 0 Å². The first-order valence-electron chi connectivity index (χ1n) is 6.21. The molecule has 1 fully saturated rings. The van der Waals surface area contributed by atoms with Gasteiger partial charge in [0, 0.05) is 28.3 Å². The highest BCUT2D eigenvalue weighted by Crippen LogP contribution is 2.29. The largest absolute Gasteiger partial charge is 0.328 e. The van der Waals surface area contributed by atoms with Crippen LogP contribution in [-0.4, -0.2) is 36.3 Å². The van der Waals surface area contributed by atoms with Crippen LogP contribution in [0.3, 0.4) is 0 Å². The van der Waals surface area contributed by atoms with Crippen LogP contribution >= 0.6 is 47.4 Å². The number of hydrogen-bond donors (Lipinski definition) is 1. The van der Waals surface area contributed by atoms with Gasteiger partial charge in [-0.2, -0.15) is 0 Å². The lowest BCUT2D eigenvalue weighted by molar-refractivity contribution is 0.225. The number of likely N-dealkylation sites (tertiary alicyclic amines) is 1. The van der Waals surface area contributed by atoms with E-state index in [0.29, 0.717) is 6.04 Å². The molecule has 0 radical (unpaired) electrons. The van der Waals surface area contributed by atoms with Crippen LogP contribution in [-0.2, 0) is 0 Å². The van der Waals surface area contributed by atoms with E-state index in [1.807, 2.05) is 18.2 Å². The van der Waals surface area contributed by atoms with Crippen LogP contribution in [0, 0.1) is 0 Å². The number of nitrogens with two attached hydrogens (primary N) is 1. The van der Waals surface area contributed by atoms with Crippen molar-refractivity contribution in [2.24, 2.45) is 5.73 Å². The van der Waals surface area contributed by atoms with Gasteiger partial charge in [0.15, 0.2) is 0 Å². The first-order chi connectivity index (χ1) is 8.65. The van der Waals surface area contributed by atoms with E-state index in [0.717, 1.165) is 53.2 Å². The number of halogens is 3. The van der Waals surface area contributed by atoms with E-state index in [2.05, 4.69) is 4.90 Å². The van der Waals surface area contributed by atoms with Crippen molar-refractivity contribution in [1.82, 2.24) is 4.90 Å². The maximum Gasteiger partial charge on any atom is 0.0542 e. The van der Waals surface area contributed by atoms with Crippen molar-refractivity contribution < 1.29 is 0 Å². The predicted molar refractivity (Wildman–Crippen MR) is 88.1 cm³/mol. The van der Waals surface area contributed by atoms with E-state index in [4.69, 9.17) is 28.9 Å². The number of piperidine rings is 1. The van der Waals surface area contributed by atoms with E-state index in [1.165, 1.54) is 0 Å². The van der Waals surface area contributed by atoms with E-state index in [9.17, 15) is 0 Å². The van der Waals surface area contributed by atoms with Crippen molar-refractivity contribution in [3.63, 3.8) is 0 Å². The molecule has 0 spiro atoms. The molecule has 1 aromatic carbocycles. The van der Waals surface area contributed by atoms with Crippen molar-refractivity contribution in [2.45, 2.75) is 23.8 Å². The van der Waals surface area contributed by atoms with Crippen LogP contribution in [0.25, 0.3) is 0 Å². The fourth-order valence-corrected chi connectivity index (χ4v) is 3.55. The summed E-state index contributed by atoms with van der Waals surface area (Å²) in [5, 5.41) is 1.52. The molecule has 1 aliphatic heterocycles. The molecule has 108 valence electrons. The lowest BCUT2D eigenvalue weighted by Crippen LogP contribution is -2.40. The highest BCUT2D eigenvalue weighted by molar-refractivity contribution is 7.99. The Hall–Kier alpha value is 0.360. The molecule has 1 aromatic rings. The SMILES string of the molecule is Cl.NC1CCN(CCSc2cc(Cl)ccc2Cl)CC1. The van der Waals surface area contributed by atoms with Crippen LogP contribution in [0.1, 0.15) is 12.8 Å². The highest BCUT2D eigenvalue weighted by Gasteiger charge is 2.15. The lowest BCUT2D eigenvalue weighted by atomic mass is 10.1. The average Bonchev–Trinajstić information content (AvgIpc) is 2.36. The maximum atomic E-state index is 6.13. The molecular formula is C13H19Cl3N2S. The Morgan fingerprint density at radius 3 is 2.63 bits per heavy atom. The van der Waals surface area contributed by atoms with E-state index < -0.39 is 0 Å². The summed E-state index contributed by atoms with van der Waals surface area (Å²) in [6.07, 6.45) is 2.23. The lowest BCUT2D eigenvalue weighted by Gasteiger charge is -2.29. The summed E-state index contributed by atoms with van der Waals surface area (Å²) in [6.45, 7) is 3.32. The van der Waals surface area contributed by atoms with E-state index in [-0.39, 0.29) is 12.4 Å². The van der Waals surface area contributed by atoms with Gasteiger partial charge in [0.1, 0.15) is 0 Å². The van der Waals surface area contributed by atoms with Gasteiger partial charge in [-0.3, -0.25) is 0 Å². The summed E-state index contributed by atoms with van der Waals surface area (Å²) in [5.41, 5.74) is 5.89. The Kier molecular flexibility index (Phi) is 7.88.